The van der Waals surface area contributed by atoms with E-state index in [1.54, 1.807) is 30.3 Å². The third kappa shape index (κ3) is 2.67. The second-order valence-corrected chi connectivity index (χ2v) is 5.98. The first-order valence-electron chi connectivity index (χ1n) is 7.99. The largest absolute Gasteiger partial charge is 0.457 e. The van der Waals surface area contributed by atoms with Crippen molar-refractivity contribution in [2.75, 3.05) is 4.90 Å². The number of carbonyl (C=O) groups is 3. The second kappa shape index (κ2) is 6.00. The zero-order chi connectivity index (χ0) is 18.3. The van der Waals surface area contributed by atoms with Crippen LogP contribution in [0.5, 0.6) is 0 Å². The Morgan fingerprint density at radius 3 is 2.58 bits per heavy atom. The molecule has 1 aromatic heterocycles. The average molecular weight is 346 g/mol. The molecule has 0 atom stereocenters. The van der Waals surface area contributed by atoms with Crippen molar-refractivity contribution in [3.05, 3.63) is 71.5 Å². The van der Waals surface area contributed by atoms with E-state index in [2.05, 4.69) is 5.32 Å². The van der Waals surface area contributed by atoms with Crippen LogP contribution in [0.4, 0.5) is 10.5 Å². The molecule has 6 nitrogen and oxygen atoms in total. The number of fused-ring (bicyclic) bond motifs is 1. The van der Waals surface area contributed by atoms with Gasteiger partial charge in [-0.25, -0.2) is 9.69 Å². The van der Waals surface area contributed by atoms with Gasteiger partial charge in [0.2, 0.25) is 0 Å². The lowest BCUT2D eigenvalue weighted by Gasteiger charge is -2.26. The predicted molar refractivity (Wildman–Crippen MR) is 96.4 cm³/mol. The summed E-state index contributed by atoms with van der Waals surface area (Å²) in [7, 11) is 0. The molecular formula is C20H14N2O4. The van der Waals surface area contributed by atoms with Gasteiger partial charge in [0.15, 0.2) is 0 Å². The summed E-state index contributed by atoms with van der Waals surface area (Å²) in [5.74, 6) is -1.07. The number of aryl methyl sites for hydroxylation is 1. The molecule has 0 bridgehead atoms. The molecule has 1 aliphatic rings. The highest BCUT2D eigenvalue weighted by Gasteiger charge is 2.37. The maximum absolute atomic E-state index is 12.8. The van der Waals surface area contributed by atoms with Crippen molar-refractivity contribution in [2.45, 2.75) is 6.92 Å². The van der Waals surface area contributed by atoms with Gasteiger partial charge >= 0.3 is 6.03 Å². The molecule has 3 aromatic rings. The van der Waals surface area contributed by atoms with Crippen LogP contribution in [0.15, 0.2) is 64.6 Å². The van der Waals surface area contributed by atoms with Gasteiger partial charge in [-0.3, -0.25) is 14.9 Å². The monoisotopic (exact) mass is 346 g/mol. The van der Waals surface area contributed by atoms with Gasteiger partial charge in [0.25, 0.3) is 11.8 Å². The van der Waals surface area contributed by atoms with Gasteiger partial charge in [-0.2, -0.15) is 0 Å². The van der Waals surface area contributed by atoms with Crippen molar-refractivity contribution in [2.24, 2.45) is 0 Å². The van der Waals surface area contributed by atoms with E-state index in [4.69, 9.17) is 4.42 Å². The number of furan rings is 1. The van der Waals surface area contributed by atoms with Crippen LogP contribution >= 0.6 is 0 Å². The predicted octanol–water partition coefficient (Wildman–Crippen LogP) is 3.41. The molecule has 128 valence electrons. The number of rotatable bonds is 2. The van der Waals surface area contributed by atoms with Crippen LogP contribution < -0.4 is 10.2 Å². The van der Waals surface area contributed by atoms with E-state index in [1.807, 2.05) is 31.2 Å². The Kier molecular flexibility index (Phi) is 3.65. The summed E-state index contributed by atoms with van der Waals surface area (Å²) in [6.07, 6.45) is 1.35. The first-order valence-corrected chi connectivity index (χ1v) is 7.99. The van der Waals surface area contributed by atoms with Crippen LogP contribution in [0.2, 0.25) is 0 Å². The molecule has 0 saturated carbocycles. The molecule has 0 spiro atoms. The Morgan fingerprint density at radius 2 is 1.81 bits per heavy atom. The minimum atomic E-state index is -0.771. The number of carbonyl (C=O) groups excluding carboxylic acids is 3. The summed E-state index contributed by atoms with van der Waals surface area (Å²) < 4.78 is 5.64. The lowest BCUT2D eigenvalue weighted by atomic mass is 10.1. The van der Waals surface area contributed by atoms with Crippen molar-refractivity contribution in [3.8, 4) is 0 Å². The Morgan fingerprint density at radius 1 is 1.00 bits per heavy atom. The number of barbiturate groups is 1. The topological polar surface area (TPSA) is 79.6 Å². The van der Waals surface area contributed by atoms with E-state index in [1.165, 1.54) is 6.08 Å². The van der Waals surface area contributed by atoms with Gasteiger partial charge in [0.1, 0.15) is 16.9 Å². The van der Waals surface area contributed by atoms with Gasteiger partial charge in [0.05, 0.1) is 5.69 Å². The fraction of sp³-hybridized carbons (Fsp3) is 0.0500. The minimum Gasteiger partial charge on any atom is -0.457 e. The quantitative estimate of drug-likeness (QED) is 0.570. The van der Waals surface area contributed by atoms with Gasteiger partial charge in [-0.15, -0.1) is 0 Å². The first kappa shape index (κ1) is 15.8. The van der Waals surface area contributed by atoms with Crippen LogP contribution in [-0.4, -0.2) is 17.8 Å². The molecule has 0 radical (unpaired) electrons. The smallest absolute Gasteiger partial charge is 0.335 e. The van der Waals surface area contributed by atoms with E-state index in [9.17, 15) is 14.4 Å². The number of hydrogen-bond donors (Lipinski definition) is 1. The number of nitrogens with zero attached hydrogens (tertiary/aromatic N) is 1. The van der Waals surface area contributed by atoms with Crippen LogP contribution in [0.3, 0.4) is 0 Å². The summed E-state index contributed by atoms with van der Waals surface area (Å²) in [4.78, 5) is 38.1. The molecule has 1 fully saturated rings. The highest BCUT2D eigenvalue weighted by molar-refractivity contribution is 6.39. The second-order valence-electron chi connectivity index (χ2n) is 5.98. The van der Waals surface area contributed by atoms with E-state index in [0.29, 0.717) is 17.0 Å². The molecule has 1 N–H and O–H groups in total. The highest BCUT2D eigenvalue weighted by atomic mass is 16.3. The highest BCUT2D eigenvalue weighted by Crippen LogP contribution is 2.25. The fourth-order valence-corrected chi connectivity index (χ4v) is 2.87. The number of amides is 4. The Labute approximate surface area is 148 Å². The molecule has 1 saturated heterocycles. The number of benzene rings is 2. The molecule has 4 rings (SSSR count). The molecule has 6 heteroatoms. The summed E-state index contributed by atoms with van der Waals surface area (Å²) in [5.41, 5.74) is 1.78. The van der Waals surface area contributed by atoms with E-state index in [-0.39, 0.29) is 5.57 Å². The third-order valence-electron chi connectivity index (χ3n) is 4.09. The van der Waals surface area contributed by atoms with Crippen molar-refractivity contribution >= 4 is 40.6 Å². The average Bonchev–Trinajstić information content (AvgIpc) is 3.01. The van der Waals surface area contributed by atoms with Crippen LogP contribution in [0.1, 0.15) is 11.3 Å². The number of imide groups is 2. The zero-order valence-electron chi connectivity index (χ0n) is 13.9. The van der Waals surface area contributed by atoms with Gasteiger partial charge in [-0.1, -0.05) is 30.3 Å². The summed E-state index contributed by atoms with van der Waals surface area (Å²) in [6.45, 7) is 1.85. The SMILES string of the molecule is Cc1cccc(N2C(=O)NC(=O)/C(=C/c3cc4ccccc4o3)C2=O)c1. The zero-order valence-corrected chi connectivity index (χ0v) is 13.9. The fourth-order valence-electron chi connectivity index (χ4n) is 2.87. The standard InChI is InChI=1S/C20H14N2O4/c1-12-5-4-7-14(9-12)22-19(24)16(18(23)21-20(22)25)11-15-10-13-6-2-3-8-17(13)26-15/h2-11H,1H3,(H,21,23,25)/b16-11-. The number of anilines is 1. The van der Waals surface area contributed by atoms with Crippen molar-refractivity contribution < 1.29 is 18.8 Å². The molecule has 0 unspecified atom stereocenters. The Hall–Kier alpha value is -3.67. The van der Waals surface area contributed by atoms with Crippen LogP contribution in [0, 0.1) is 6.92 Å². The summed E-state index contributed by atoms with van der Waals surface area (Å²) >= 11 is 0. The molecule has 0 aliphatic carbocycles. The molecule has 2 aromatic carbocycles. The van der Waals surface area contributed by atoms with Crippen molar-refractivity contribution in [1.82, 2.24) is 5.32 Å². The maximum Gasteiger partial charge on any atom is 0.335 e. The van der Waals surface area contributed by atoms with Gasteiger partial charge in [-0.05, 0) is 42.8 Å². The van der Waals surface area contributed by atoms with Gasteiger partial charge in [0, 0.05) is 5.39 Å². The molecule has 26 heavy (non-hydrogen) atoms. The number of urea groups is 1. The Balaban J connectivity index is 1.76. The normalized spacial score (nSPS) is 16.4. The third-order valence-corrected chi connectivity index (χ3v) is 4.09. The molecule has 2 heterocycles. The van der Waals surface area contributed by atoms with Crippen LogP contribution in [0.25, 0.3) is 17.0 Å². The van der Waals surface area contributed by atoms with Crippen molar-refractivity contribution in [3.63, 3.8) is 0 Å². The van der Waals surface area contributed by atoms with E-state index >= 15 is 0 Å². The summed E-state index contributed by atoms with van der Waals surface area (Å²) in [6, 6.07) is 15.3. The minimum absolute atomic E-state index is 0.162. The Bertz CT molecular complexity index is 1060. The summed E-state index contributed by atoms with van der Waals surface area (Å²) in [5, 5.41) is 3.06. The molecule has 1 aliphatic heterocycles. The number of hydrogen-bond acceptors (Lipinski definition) is 4. The lowest BCUT2D eigenvalue weighted by molar-refractivity contribution is -0.122. The maximum atomic E-state index is 12.8. The lowest BCUT2D eigenvalue weighted by Crippen LogP contribution is -2.54. The van der Waals surface area contributed by atoms with Gasteiger partial charge < -0.3 is 4.42 Å². The number of para-hydroxylation sites is 1. The van der Waals surface area contributed by atoms with E-state index < -0.39 is 17.8 Å². The van der Waals surface area contributed by atoms with Crippen LogP contribution in [-0.2, 0) is 9.59 Å². The van der Waals surface area contributed by atoms with Crippen molar-refractivity contribution in [1.29, 1.82) is 0 Å². The van der Waals surface area contributed by atoms with E-state index in [0.717, 1.165) is 15.8 Å². The molecular weight excluding hydrogens is 332 g/mol. The first-order chi connectivity index (χ1) is 12.5. The molecule has 4 amide bonds. The number of nitrogens with one attached hydrogen (secondary N) is 1.